The summed E-state index contributed by atoms with van der Waals surface area (Å²) in [5, 5.41) is 7.56. The second kappa shape index (κ2) is 4.89. The van der Waals surface area contributed by atoms with Gasteiger partial charge in [0.1, 0.15) is 0 Å². The predicted octanol–water partition coefficient (Wildman–Crippen LogP) is 3.09. The molecule has 0 aliphatic carbocycles. The lowest BCUT2D eigenvalue weighted by atomic mass is 9.84. The Morgan fingerprint density at radius 3 is 2.84 bits per heavy atom. The third-order valence-electron chi connectivity index (χ3n) is 4.77. The highest BCUT2D eigenvalue weighted by atomic mass is 32.1. The summed E-state index contributed by atoms with van der Waals surface area (Å²) in [5.41, 5.74) is 1.47. The van der Waals surface area contributed by atoms with E-state index in [1.165, 1.54) is 48.1 Å². The van der Waals surface area contributed by atoms with Crippen molar-refractivity contribution in [3.8, 4) is 0 Å². The number of thiophene rings is 1. The van der Waals surface area contributed by atoms with Crippen molar-refractivity contribution >= 4 is 21.4 Å². The third kappa shape index (κ3) is 2.20. The summed E-state index contributed by atoms with van der Waals surface area (Å²) in [6.45, 7) is 4.93. The molecule has 1 aromatic heterocycles. The number of nitrogens with one attached hydrogen (secondary N) is 1. The SMILES string of the molecule is c1ccc2c(CNC3CN4CCC3CC4)csc2c1. The molecule has 1 atom stereocenters. The molecule has 0 saturated carbocycles. The lowest BCUT2D eigenvalue weighted by Gasteiger charge is -2.45. The van der Waals surface area contributed by atoms with E-state index in [2.05, 4.69) is 39.9 Å². The molecule has 19 heavy (non-hydrogen) atoms. The molecule has 2 aromatic rings. The van der Waals surface area contributed by atoms with Crippen molar-refractivity contribution in [1.29, 1.82) is 0 Å². The lowest BCUT2D eigenvalue weighted by Crippen LogP contribution is -2.55. The molecule has 2 nitrogen and oxygen atoms in total. The monoisotopic (exact) mass is 272 g/mol. The van der Waals surface area contributed by atoms with Crippen LogP contribution in [0.1, 0.15) is 18.4 Å². The van der Waals surface area contributed by atoms with Crippen LogP contribution in [0.15, 0.2) is 29.6 Å². The number of benzene rings is 1. The summed E-state index contributed by atoms with van der Waals surface area (Å²) in [4.78, 5) is 2.61. The molecular weight excluding hydrogens is 252 g/mol. The van der Waals surface area contributed by atoms with E-state index >= 15 is 0 Å². The molecule has 3 aliphatic rings. The molecular formula is C16H20N2S. The van der Waals surface area contributed by atoms with E-state index in [4.69, 9.17) is 0 Å². The second-order valence-corrected chi connectivity index (χ2v) is 6.79. The molecule has 1 aromatic carbocycles. The summed E-state index contributed by atoms with van der Waals surface area (Å²) >= 11 is 1.87. The third-order valence-corrected chi connectivity index (χ3v) is 5.78. The minimum absolute atomic E-state index is 0.709. The Labute approximate surface area is 118 Å². The molecule has 3 fully saturated rings. The van der Waals surface area contributed by atoms with Crippen LogP contribution >= 0.6 is 11.3 Å². The molecule has 4 heterocycles. The van der Waals surface area contributed by atoms with Gasteiger partial charge in [-0.1, -0.05) is 18.2 Å². The summed E-state index contributed by atoms with van der Waals surface area (Å²) in [6.07, 6.45) is 2.78. The van der Waals surface area contributed by atoms with Crippen LogP contribution < -0.4 is 5.32 Å². The zero-order valence-corrected chi connectivity index (χ0v) is 12.0. The van der Waals surface area contributed by atoms with Crippen LogP contribution in [0.4, 0.5) is 0 Å². The van der Waals surface area contributed by atoms with Crippen molar-refractivity contribution in [1.82, 2.24) is 10.2 Å². The van der Waals surface area contributed by atoms with Gasteiger partial charge in [0.25, 0.3) is 0 Å². The minimum atomic E-state index is 0.709. The number of hydrogen-bond donors (Lipinski definition) is 1. The van der Waals surface area contributed by atoms with Gasteiger partial charge in [0.15, 0.2) is 0 Å². The topological polar surface area (TPSA) is 15.3 Å². The second-order valence-electron chi connectivity index (χ2n) is 5.88. The summed E-state index contributed by atoms with van der Waals surface area (Å²) in [5.74, 6) is 0.912. The first-order valence-corrected chi connectivity index (χ1v) is 8.19. The van der Waals surface area contributed by atoms with Gasteiger partial charge in [0.05, 0.1) is 0 Å². The van der Waals surface area contributed by atoms with Crippen molar-refractivity contribution in [3.63, 3.8) is 0 Å². The normalized spacial score (nSPS) is 30.0. The largest absolute Gasteiger partial charge is 0.308 e. The van der Waals surface area contributed by atoms with Crippen LogP contribution in [-0.4, -0.2) is 30.6 Å². The van der Waals surface area contributed by atoms with Crippen molar-refractivity contribution in [2.24, 2.45) is 5.92 Å². The van der Waals surface area contributed by atoms with E-state index in [0.717, 1.165) is 12.5 Å². The van der Waals surface area contributed by atoms with E-state index in [-0.39, 0.29) is 0 Å². The van der Waals surface area contributed by atoms with Gasteiger partial charge < -0.3 is 10.2 Å². The maximum atomic E-state index is 3.81. The van der Waals surface area contributed by atoms with Gasteiger partial charge in [-0.15, -0.1) is 11.3 Å². The molecule has 3 saturated heterocycles. The van der Waals surface area contributed by atoms with E-state index < -0.39 is 0 Å². The standard InChI is InChI=1S/C16H20N2S/c1-2-4-16-14(3-1)13(11-19-16)9-17-15-10-18-7-5-12(15)6-8-18/h1-4,11-12,15,17H,5-10H2. The zero-order chi connectivity index (χ0) is 12.7. The Bertz CT molecular complexity index is 569. The van der Waals surface area contributed by atoms with Crippen LogP contribution in [0.25, 0.3) is 10.1 Å². The molecule has 1 unspecified atom stereocenters. The number of hydrogen-bond acceptors (Lipinski definition) is 3. The van der Waals surface area contributed by atoms with Gasteiger partial charge in [-0.05, 0) is 54.2 Å². The first-order valence-electron chi connectivity index (χ1n) is 7.31. The molecule has 0 spiro atoms. The van der Waals surface area contributed by atoms with Gasteiger partial charge >= 0.3 is 0 Å². The Balaban J connectivity index is 1.47. The first kappa shape index (κ1) is 11.9. The van der Waals surface area contributed by atoms with Crippen molar-refractivity contribution < 1.29 is 0 Å². The van der Waals surface area contributed by atoms with Crippen LogP contribution in [0.2, 0.25) is 0 Å². The number of piperidine rings is 3. The predicted molar refractivity (Wildman–Crippen MR) is 81.6 cm³/mol. The quantitative estimate of drug-likeness (QED) is 0.923. The average molecular weight is 272 g/mol. The Morgan fingerprint density at radius 2 is 2.05 bits per heavy atom. The van der Waals surface area contributed by atoms with E-state index in [1.807, 2.05) is 11.3 Å². The van der Waals surface area contributed by atoms with Crippen LogP contribution in [0.5, 0.6) is 0 Å². The molecule has 5 rings (SSSR count). The summed E-state index contributed by atoms with van der Waals surface area (Å²) < 4.78 is 1.41. The fourth-order valence-electron chi connectivity index (χ4n) is 3.61. The van der Waals surface area contributed by atoms with E-state index in [9.17, 15) is 0 Å². The summed E-state index contributed by atoms with van der Waals surface area (Å²) in [7, 11) is 0. The average Bonchev–Trinajstić information content (AvgIpc) is 2.90. The highest BCUT2D eigenvalue weighted by molar-refractivity contribution is 7.17. The van der Waals surface area contributed by atoms with Crippen LogP contribution in [-0.2, 0) is 6.54 Å². The van der Waals surface area contributed by atoms with Gasteiger partial charge in [0, 0.05) is 23.8 Å². The molecule has 3 aliphatic heterocycles. The maximum Gasteiger partial charge on any atom is 0.0346 e. The summed E-state index contributed by atoms with van der Waals surface area (Å²) in [6, 6.07) is 9.45. The Morgan fingerprint density at radius 1 is 1.21 bits per heavy atom. The van der Waals surface area contributed by atoms with Crippen molar-refractivity contribution in [3.05, 3.63) is 35.2 Å². The van der Waals surface area contributed by atoms with Crippen molar-refractivity contribution in [2.75, 3.05) is 19.6 Å². The van der Waals surface area contributed by atoms with Gasteiger partial charge in [-0.25, -0.2) is 0 Å². The highest BCUT2D eigenvalue weighted by Gasteiger charge is 2.33. The fraction of sp³-hybridized carbons (Fsp3) is 0.500. The Hall–Kier alpha value is -0.900. The molecule has 1 N–H and O–H groups in total. The number of fused-ring (bicyclic) bond motifs is 4. The van der Waals surface area contributed by atoms with Crippen LogP contribution in [0.3, 0.4) is 0 Å². The molecule has 0 amide bonds. The number of nitrogens with zero attached hydrogens (tertiary/aromatic N) is 1. The van der Waals surface area contributed by atoms with Gasteiger partial charge in [0.2, 0.25) is 0 Å². The lowest BCUT2D eigenvalue weighted by molar-refractivity contribution is 0.0721. The fourth-order valence-corrected chi connectivity index (χ4v) is 4.57. The van der Waals surface area contributed by atoms with Gasteiger partial charge in [-0.3, -0.25) is 0 Å². The van der Waals surface area contributed by atoms with E-state index in [1.54, 1.807) is 0 Å². The van der Waals surface area contributed by atoms with E-state index in [0.29, 0.717) is 6.04 Å². The number of rotatable bonds is 3. The smallest absolute Gasteiger partial charge is 0.0346 e. The maximum absolute atomic E-state index is 3.81. The Kier molecular flexibility index (Phi) is 3.06. The minimum Gasteiger partial charge on any atom is -0.308 e. The molecule has 3 heteroatoms. The molecule has 0 radical (unpaired) electrons. The molecule has 2 bridgehead atoms. The first-order chi connectivity index (χ1) is 9.40. The highest BCUT2D eigenvalue weighted by Crippen LogP contribution is 2.29. The van der Waals surface area contributed by atoms with Gasteiger partial charge in [-0.2, -0.15) is 0 Å². The van der Waals surface area contributed by atoms with Crippen LogP contribution in [0, 0.1) is 5.92 Å². The molecule has 100 valence electrons. The zero-order valence-electron chi connectivity index (χ0n) is 11.1. The van der Waals surface area contributed by atoms with Crippen molar-refractivity contribution in [2.45, 2.75) is 25.4 Å².